The fourth-order valence-electron chi connectivity index (χ4n) is 4.07. The summed E-state index contributed by atoms with van der Waals surface area (Å²) in [5.41, 5.74) is 3.83. The topological polar surface area (TPSA) is 56.4 Å². The van der Waals surface area contributed by atoms with Crippen LogP contribution >= 0.6 is 11.6 Å². The van der Waals surface area contributed by atoms with Crippen LogP contribution in [0.4, 0.5) is 0 Å². The van der Waals surface area contributed by atoms with Crippen LogP contribution in [-0.4, -0.2) is 52.1 Å². The molecule has 0 saturated heterocycles. The van der Waals surface area contributed by atoms with Crippen LogP contribution in [-0.2, 0) is 22.6 Å². The lowest BCUT2D eigenvalue weighted by atomic mass is 9.94. The summed E-state index contributed by atoms with van der Waals surface area (Å²) in [5.74, 6) is 0.0886. The maximum Gasteiger partial charge on any atom is 0.242 e. The Kier molecular flexibility index (Phi) is 8.78. The number of H-pyrrole nitrogens is 1. The molecule has 2 aromatic carbocycles. The molecule has 1 N–H and O–H groups in total. The molecule has 1 heterocycles. The first-order valence-corrected chi connectivity index (χ1v) is 12.5. The number of aryl methyl sites for hydroxylation is 1. The van der Waals surface area contributed by atoms with Gasteiger partial charge in [-0.15, -0.1) is 11.6 Å². The van der Waals surface area contributed by atoms with Gasteiger partial charge in [0.25, 0.3) is 0 Å². The number of aromatic amines is 1. The van der Waals surface area contributed by atoms with Gasteiger partial charge in [-0.1, -0.05) is 55.0 Å². The molecule has 0 aliphatic carbocycles. The summed E-state index contributed by atoms with van der Waals surface area (Å²) in [6.45, 7) is 9.40. The number of halogens is 1. The first-order valence-electron chi connectivity index (χ1n) is 12.0. The third-order valence-electron chi connectivity index (χ3n) is 6.19. The molecular weight excluding hydrogens is 446 g/mol. The summed E-state index contributed by atoms with van der Waals surface area (Å²) in [7, 11) is 0. The van der Waals surface area contributed by atoms with E-state index in [9.17, 15) is 9.59 Å². The van der Waals surface area contributed by atoms with Crippen molar-refractivity contribution in [1.82, 2.24) is 14.8 Å². The summed E-state index contributed by atoms with van der Waals surface area (Å²) in [6, 6.07) is 16.4. The fraction of sp³-hybridized carbons (Fsp3) is 0.429. The molecule has 34 heavy (non-hydrogen) atoms. The Morgan fingerprint density at radius 1 is 1.00 bits per heavy atom. The van der Waals surface area contributed by atoms with Gasteiger partial charge in [0.2, 0.25) is 11.8 Å². The van der Waals surface area contributed by atoms with Gasteiger partial charge < -0.3 is 14.8 Å². The second-order valence-electron chi connectivity index (χ2n) is 9.65. The lowest BCUT2D eigenvalue weighted by molar-refractivity contribution is -0.145. The number of carbonyl (C=O) groups is 2. The van der Waals surface area contributed by atoms with Gasteiger partial charge in [0, 0.05) is 42.6 Å². The number of carbonyl (C=O) groups excluding carboxylic acids is 2. The van der Waals surface area contributed by atoms with E-state index in [1.54, 1.807) is 4.90 Å². The monoisotopic (exact) mass is 481 g/mol. The Morgan fingerprint density at radius 3 is 2.38 bits per heavy atom. The number of benzene rings is 2. The molecule has 182 valence electrons. The largest absolute Gasteiger partial charge is 0.361 e. The first-order chi connectivity index (χ1) is 16.2. The summed E-state index contributed by atoms with van der Waals surface area (Å²) in [4.78, 5) is 33.5. The lowest BCUT2D eigenvalue weighted by Crippen LogP contribution is -2.48. The molecule has 3 rings (SSSR count). The number of alkyl halides is 1. The van der Waals surface area contributed by atoms with E-state index in [4.69, 9.17) is 11.6 Å². The molecule has 0 bridgehead atoms. The Balaban J connectivity index is 1.80. The zero-order valence-corrected chi connectivity index (χ0v) is 21.5. The van der Waals surface area contributed by atoms with Crippen LogP contribution in [0.1, 0.15) is 43.9 Å². The summed E-state index contributed by atoms with van der Waals surface area (Å²) < 4.78 is 0. The molecule has 0 fully saturated rings. The van der Waals surface area contributed by atoms with Gasteiger partial charge in [-0.25, -0.2) is 0 Å². The number of hydrogen-bond acceptors (Lipinski definition) is 2. The molecule has 0 spiro atoms. The molecule has 1 aromatic heterocycles. The molecule has 0 radical (unpaired) electrons. The van der Waals surface area contributed by atoms with E-state index in [1.165, 1.54) is 16.5 Å². The van der Waals surface area contributed by atoms with Gasteiger partial charge >= 0.3 is 0 Å². The van der Waals surface area contributed by atoms with E-state index < -0.39 is 5.41 Å². The average Bonchev–Trinajstić information content (AvgIpc) is 3.25. The van der Waals surface area contributed by atoms with Gasteiger partial charge in [0.1, 0.15) is 0 Å². The number of nitrogens with zero attached hydrogens (tertiary/aromatic N) is 2. The Labute approximate surface area is 208 Å². The highest BCUT2D eigenvalue weighted by Gasteiger charge is 2.32. The number of aromatic nitrogens is 1. The maximum atomic E-state index is 13.5. The molecule has 6 heteroatoms. The van der Waals surface area contributed by atoms with Crippen molar-refractivity contribution < 1.29 is 9.59 Å². The summed E-state index contributed by atoms with van der Waals surface area (Å²) in [6.07, 6.45) is 3.54. The van der Waals surface area contributed by atoms with E-state index in [2.05, 4.69) is 48.3 Å². The molecule has 0 atom stereocenters. The highest BCUT2D eigenvalue weighted by atomic mass is 35.5. The van der Waals surface area contributed by atoms with Crippen molar-refractivity contribution in [1.29, 1.82) is 0 Å². The van der Waals surface area contributed by atoms with Crippen molar-refractivity contribution in [3.63, 3.8) is 0 Å². The number of fused-ring (bicyclic) bond motifs is 1. The van der Waals surface area contributed by atoms with E-state index >= 15 is 0 Å². The van der Waals surface area contributed by atoms with E-state index in [1.807, 2.05) is 44.0 Å². The second-order valence-corrected chi connectivity index (χ2v) is 9.92. The smallest absolute Gasteiger partial charge is 0.242 e. The van der Waals surface area contributed by atoms with Crippen LogP contribution in [0, 0.1) is 12.3 Å². The second kappa shape index (κ2) is 11.6. The molecule has 0 aliphatic heterocycles. The predicted octanol–water partition coefficient (Wildman–Crippen LogP) is 5.55. The van der Waals surface area contributed by atoms with Crippen molar-refractivity contribution in [2.24, 2.45) is 5.41 Å². The number of hydrogen-bond donors (Lipinski definition) is 1. The SMILES string of the molecule is CCCN(CC(=O)N(CCc1c[nH]c2ccccc12)Cc1ccc(C)cc1)C(=O)C(C)(C)CCl. The number of amides is 2. The van der Waals surface area contributed by atoms with Crippen molar-refractivity contribution in [3.05, 3.63) is 71.4 Å². The van der Waals surface area contributed by atoms with Crippen LogP contribution in [0.3, 0.4) is 0 Å². The zero-order chi connectivity index (χ0) is 24.7. The van der Waals surface area contributed by atoms with Crippen LogP contribution in [0.25, 0.3) is 10.9 Å². The van der Waals surface area contributed by atoms with Crippen LogP contribution < -0.4 is 0 Å². The maximum absolute atomic E-state index is 13.5. The van der Waals surface area contributed by atoms with Crippen molar-refractivity contribution in [3.8, 4) is 0 Å². The molecular formula is C28H36ClN3O2. The highest BCUT2D eigenvalue weighted by Crippen LogP contribution is 2.22. The summed E-state index contributed by atoms with van der Waals surface area (Å²) >= 11 is 6.06. The van der Waals surface area contributed by atoms with Crippen molar-refractivity contribution in [2.45, 2.75) is 47.1 Å². The standard InChI is InChI=1S/C28H36ClN3O2/c1-5-15-32(27(34)28(3,4)20-29)19-26(33)31(18-22-12-10-21(2)11-13-22)16-14-23-17-30-25-9-7-6-8-24(23)25/h6-13,17,30H,5,14-16,18-20H2,1-4H3. The Morgan fingerprint density at radius 2 is 1.71 bits per heavy atom. The average molecular weight is 482 g/mol. The van der Waals surface area contributed by atoms with Crippen LogP contribution in [0.15, 0.2) is 54.7 Å². The van der Waals surface area contributed by atoms with Crippen LogP contribution in [0.5, 0.6) is 0 Å². The van der Waals surface area contributed by atoms with Crippen molar-refractivity contribution >= 4 is 34.3 Å². The Hall–Kier alpha value is -2.79. The van der Waals surface area contributed by atoms with Crippen molar-refractivity contribution in [2.75, 3.05) is 25.5 Å². The third kappa shape index (κ3) is 6.41. The molecule has 0 aliphatic rings. The van der Waals surface area contributed by atoms with Gasteiger partial charge in [0.15, 0.2) is 0 Å². The zero-order valence-electron chi connectivity index (χ0n) is 20.7. The normalized spacial score (nSPS) is 11.6. The molecule has 0 unspecified atom stereocenters. The molecule has 3 aromatic rings. The van der Waals surface area contributed by atoms with Gasteiger partial charge in [0.05, 0.1) is 12.0 Å². The third-order valence-corrected chi connectivity index (χ3v) is 6.86. The number of para-hydroxylation sites is 1. The van der Waals surface area contributed by atoms with Crippen LogP contribution in [0.2, 0.25) is 0 Å². The van der Waals surface area contributed by atoms with Gasteiger partial charge in [-0.3, -0.25) is 9.59 Å². The van der Waals surface area contributed by atoms with E-state index in [0.717, 1.165) is 23.9 Å². The molecule has 0 saturated carbocycles. The van der Waals surface area contributed by atoms with E-state index in [-0.39, 0.29) is 24.2 Å². The minimum absolute atomic E-state index is 0.0485. The number of rotatable bonds is 11. The lowest BCUT2D eigenvalue weighted by Gasteiger charge is -2.32. The Bertz CT molecular complexity index is 1100. The highest BCUT2D eigenvalue weighted by molar-refractivity contribution is 6.19. The minimum Gasteiger partial charge on any atom is -0.361 e. The first kappa shape index (κ1) is 25.8. The van der Waals surface area contributed by atoms with Gasteiger partial charge in [-0.05, 0) is 50.8 Å². The molecule has 2 amide bonds. The quantitative estimate of drug-likeness (QED) is 0.365. The fourth-order valence-corrected chi connectivity index (χ4v) is 4.18. The molecule has 5 nitrogen and oxygen atoms in total. The minimum atomic E-state index is -0.706. The van der Waals surface area contributed by atoms with Gasteiger partial charge in [-0.2, -0.15) is 0 Å². The summed E-state index contributed by atoms with van der Waals surface area (Å²) in [5, 5.41) is 1.18. The van der Waals surface area contributed by atoms with E-state index in [0.29, 0.717) is 19.6 Å². The number of nitrogens with one attached hydrogen (secondary N) is 1. The predicted molar refractivity (Wildman–Crippen MR) is 140 cm³/mol.